The van der Waals surface area contributed by atoms with Gasteiger partial charge >= 0.3 is 0 Å². The van der Waals surface area contributed by atoms with Crippen LogP contribution in [0.4, 0.5) is 0 Å². The maximum Gasteiger partial charge on any atom is 0.0756 e. The fourth-order valence-electron chi connectivity index (χ4n) is 1.50. The van der Waals surface area contributed by atoms with Gasteiger partial charge < -0.3 is 9.29 Å². The minimum atomic E-state index is -0.216. The zero-order valence-corrected chi connectivity index (χ0v) is 8.86. The second-order valence-electron chi connectivity index (χ2n) is 3.65. The van der Waals surface area contributed by atoms with Crippen molar-refractivity contribution < 1.29 is 9.29 Å². The van der Waals surface area contributed by atoms with Crippen molar-refractivity contribution in [1.29, 1.82) is 0 Å². The summed E-state index contributed by atoms with van der Waals surface area (Å²) in [6.45, 7) is 6.96. The van der Waals surface area contributed by atoms with Gasteiger partial charge in [0.1, 0.15) is 0 Å². The Kier molecular flexibility index (Phi) is 3.44. The fraction of sp³-hybridized carbons (Fsp3) is 1.00. The van der Waals surface area contributed by atoms with Gasteiger partial charge in [0, 0.05) is 18.0 Å². The van der Waals surface area contributed by atoms with Gasteiger partial charge in [-0.05, 0) is 19.8 Å². The highest BCUT2D eigenvalue weighted by Crippen LogP contribution is 2.41. The summed E-state index contributed by atoms with van der Waals surface area (Å²) in [4.78, 5) is 0. The lowest BCUT2D eigenvalue weighted by molar-refractivity contribution is 0.0280. The van der Waals surface area contributed by atoms with Gasteiger partial charge in [-0.1, -0.05) is 13.8 Å². The predicted octanol–water partition coefficient (Wildman–Crippen LogP) is 2.22. The molecule has 0 radical (unpaired) electrons. The first-order valence-corrected chi connectivity index (χ1v) is 5.37. The van der Waals surface area contributed by atoms with Crippen LogP contribution in [0.2, 0.25) is 0 Å². The Morgan fingerprint density at radius 3 is 2.75 bits per heavy atom. The average molecular weight is 190 g/mol. The molecule has 2 nitrogen and oxygen atoms in total. The van der Waals surface area contributed by atoms with E-state index in [1.54, 1.807) is 0 Å². The summed E-state index contributed by atoms with van der Waals surface area (Å²) in [7, 11) is 0. The van der Waals surface area contributed by atoms with Crippen LogP contribution in [-0.2, 0) is 4.18 Å². The summed E-state index contributed by atoms with van der Waals surface area (Å²) in [6.07, 6.45) is 1.73. The lowest BCUT2D eigenvalue weighted by atomic mass is 9.88. The van der Waals surface area contributed by atoms with Crippen molar-refractivity contribution in [2.75, 3.05) is 6.61 Å². The van der Waals surface area contributed by atoms with Crippen LogP contribution in [0.1, 0.15) is 33.6 Å². The van der Waals surface area contributed by atoms with E-state index in [1.165, 1.54) is 12.0 Å². The molecular weight excluding hydrogens is 172 g/mol. The molecule has 12 heavy (non-hydrogen) atoms. The van der Waals surface area contributed by atoms with Crippen molar-refractivity contribution in [2.24, 2.45) is 5.92 Å². The second-order valence-corrected chi connectivity index (χ2v) is 4.98. The third kappa shape index (κ3) is 1.78. The van der Waals surface area contributed by atoms with E-state index in [0.29, 0.717) is 12.5 Å². The van der Waals surface area contributed by atoms with E-state index in [1.807, 2.05) is 0 Å². The molecule has 0 aromatic rings. The van der Waals surface area contributed by atoms with Gasteiger partial charge in [-0.2, -0.15) is 0 Å². The van der Waals surface area contributed by atoms with E-state index in [4.69, 9.17) is 4.18 Å². The van der Waals surface area contributed by atoms with Crippen molar-refractivity contribution in [2.45, 2.75) is 44.5 Å². The second kappa shape index (κ2) is 3.99. The van der Waals surface area contributed by atoms with Gasteiger partial charge in [0.2, 0.25) is 0 Å². The molecule has 1 fully saturated rings. The summed E-state index contributed by atoms with van der Waals surface area (Å²) in [5.74, 6) is 0.316. The van der Waals surface area contributed by atoms with Gasteiger partial charge in [-0.3, -0.25) is 0 Å². The number of rotatable bonds is 2. The topological polar surface area (TPSA) is 29.5 Å². The van der Waals surface area contributed by atoms with Crippen molar-refractivity contribution in [3.05, 3.63) is 0 Å². The Morgan fingerprint density at radius 1 is 1.58 bits per heavy atom. The molecule has 0 bridgehead atoms. The molecule has 0 aromatic heterocycles. The molecule has 3 atom stereocenters. The first-order chi connectivity index (χ1) is 5.64. The van der Waals surface area contributed by atoms with Gasteiger partial charge in [0.25, 0.3) is 0 Å². The summed E-state index contributed by atoms with van der Waals surface area (Å²) < 4.78 is 5.31. The molecule has 0 spiro atoms. The van der Waals surface area contributed by atoms with Crippen LogP contribution in [0.3, 0.4) is 0 Å². The molecule has 1 aliphatic rings. The number of aliphatic hydroxyl groups excluding tert-OH is 1. The van der Waals surface area contributed by atoms with Gasteiger partial charge in [0.15, 0.2) is 0 Å². The summed E-state index contributed by atoms with van der Waals surface area (Å²) in [5, 5.41) is 9.99. The van der Waals surface area contributed by atoms with E-state index in [9.17, 15) is 5.11 Å². The van der Waals surface area contributed by atoms with Gasteiger partial charge in [-0.15, -0.1) is 0 Å². The van der Waals surface area contributed by atoms with Crippen LogP contribution >= 0.6 is 12.0 Å². The van der Waals surface area contributed by atoms with E-state index in [-0.39, 0.29) is 10.9 Å². The molecule has 1 N–H and O–H groups in total. The smallest absolute Gasteiger partial charge is 0.0756 e. The Hall–Kier alpha value is 0.270. The maximum atomic E-state index is 9.99. The molecule has 1 rings (SSSR count). The van der Waals surface area contributed by atoms with Crippen LogP contribution in [-0.4, -0.2) is 22.6 Å². The molecule has 0 aromatic carbocycles. The van der Waals surface area contributed by atoms with Crippen LogP contribution < -0.4 is 0 Å². The summed E-state index contributed by atoms with van der Waals surface area (Å²) in [6, 6.07) is 0. The Balaban J connectivity index is 2.65. The van der Waals surface area contributed by atoms with E-state index in [0.717, 1.165) is 12.8 Å². The molecule has 0 saturated carbocycles. The molecule has 3 heteroatoms. The van der Waals surface area contributed by atoms with Crippen LogP contribution in [0, 0.1) is 5.92 Å². The molecule has 72 valence electrons. The summed E-state index contributed by atoms with van der Waals surface area (Å²) in [5.41, 5.74) is 0. The predicted molar refractivity (Wildman–Crippen MR) is 52.0 cm³/mol. The SMILES string of the molecule is CCC1COSC(C)(CC)C1O. The highest BCUT2D eigenvalue weighted by Gasteiger charge is 2.41. The number of hydrogen-bond acceptors (Lipinski definition) is 3. The van der Waals surface area contributed by atoms with Gasteiger partial charge in [0.05, 0.1) is 17.5 Å². The minimum absolute atomic E-state index is 0.0983. The van der Waals surface area contributed by atoms with Crippen molar-refractivity contribution >= 4 is 12.0 Å². The first kappa shape index (κ1) is 10.4. The highest BCUT2D eigenvalue weighted by molar-refractivity contribution is 7.96. The summed E-state index contributed by atoms with van der Waals surface area (Å²) >= 11 is 1.44. The van der Waals surface area contributed by atoms with E-state index >= 15 is 0 Å². The Labute approximate surface area is 78.9 Å². The maximum absolute atomic E-state index is 9.99. The Morgan fingerprint density at radius 2 is 2.25 bits per heavy atom. The number of hydrogen-bond donors (Lipinski definition) is 1. The largest absolute Gasteiger partial charge is 0.391 e. The molecule has 1 aliphatic heterocycles. The van der Waals surface area contributed by atoms with E-state index in [2.05, 4.69) is 20.8 Å². The van der Waals surface area contributed by atoms with Crippen molar-refractivity contribution in [3.8, 4) is 0 Å². The van der Waals surface area contributed by atoms with Crippen LogP contribution in [0.5, 0.6) is 0 Å². The lowest BCUT2D eigenvalue weighted by Crippen LogP contribution is -2.46. The molecular formula is C9H18O2S. The molecule has 1 heterocycles. The zero-order chi connectivity index (χ0) is 9.19. The molecule has 3 unspecified atom stereocenters. The van der Waals surface area contributed by atoms with Crippen molar-refractivity contribution in [3.63, 3.8) is 0 Å². The first-order valence-electron chi connectivity index (χ1n) is 4.62. The third-order valence-corrected chi connectivity index (χ3v) is 3.99. The fourth-order valence-corrected chi connectivity index (χ4v) is 2.43. The molecule has 0 aliphatic carbocycles. The zero-order valence-electron chi connectivity index (χ0n) is 8.04. The minimum Gasteiger partial charge on any atom is -0.391 e. The monoisotopic (exact) mass is 190 g/mol. The van der Waals surface area contributed by atoms with Crippen LogP contribution in [0.25, 0.3) is 0 Å². The van der Waals surface area contributed by atoms with E-state index < -0.39 is 0 Å². The van der Waals surface area contributed by atoms with Crippen molar-refractivity contribution in [1.82, 2.24) is 0 Å². The lowest BCUT2D eigenvalue weighted by Gasteiger charge is -2.40. The highest BCUT2D eigenvalue weighted by atomic mass is 32.2. The molecule has 1 saturated heterocycles. The quantitative estimate of drug-likeness (QED) is 0.677. The van der Waals surface area contributed by atoms with Gasteiger partial charge in [-0.25, -0.2) is 0 Å². The molecule has 0 amide bonds. The standard InChI is InChI=1S/C9H18O2S/c1-4-7-6-11-12-9(3,5-2)8(7)10/h7-8,10H,4-6H2,1-3H3. The number of aliphatic hydroxyl groups is 1. The average Bonchev–Trinajstić information content (AvgIpc) is 2.10. The Bertz CT molecular complexity index is 151. The van der Waals surface area contributed by atoms with Crippen LogP contribution in [0.15, 0.2) is 0 Å². The normalized spacial score (nSPS) is 43.0. The third-order valence-electron chi connectivity index (χ3n) is 2.83.